The van der Waals surface area contributed by atoms with Crippen molar-refractivity contribution >= 4 is 23.4 Å². The van der Waals surface area contributed by atoms with E-state index in [0.717, 1.165) is 6.07 Å². The van der Waals surface area contributed by atoms with Crippen LogP contribution < -0.4 is 16.4 Å². The zero-order valence-corrected chi connectivity index (χ0v) is 15.8. The van der Waals surface area contributed by atoms with Crippen LogP contribution in [0.2, 0.25) is 0 Å². The Morgan fingerprint density at radius 3 is 2.40 bits per heavy atom. The van der Waals surface area contributed by atoms with Gasteiger partial charge in [-0.15, -0.1) is 0 Å². The molecule has 30 heavy (non-hydrogen) atoms. The smallest absolute Gasteiger partial charge is 0.259 e. The van der Waals surface area contributed by atoms with Gasteiger partial charge in [0, 0.05) is 36.1 Å². The fraction of sp³-hybridized carbons (Fsp3) is 0.100. The maximum absolute atomic E-state index is 14.2. The number of halogens is 2. The first-order valence-corrected chi connectivity index (χ1v) is 8.71. The normalized spacial score (nSPS) is 10.5. The molecule has 0 atom stereocenters. The summed E-state index contributed by atoms with van der Waals surface area (Å²) in [6.07, 6.45) is 1.42. The molecule has 0 aliphatic rings. The number of anilines is 1. The second kappa shape index (κ2) is 8.52. The summed E-state index contributed by atoms with van der Waals surface area (Å²) < 4.78 is 28.7. The topological polar surface area (TPSA) is 119 Å². The van der Waals surface area contributed by atoms with Gasteiger partial charge in [-0.25, -0.2) is 8.78 Å². The Morgan fingerprint density at radius 2 is 1.77 bits per heavy atom. The predicted octanol–water partition coefficient (Wildman–Crippen LogP) is 1.83. The number of primary amides is 1. The molecule has 3 aromatic rings. The quantitative estimate of drug-likeness (QED) is 0.571. The van der Waals surface area contributed by atoms with Gasteiger partial charge in [-0.05, 0) is 36.4 Å². The number of hydrogen-bond donors (Lipinski definition) is 3. The van der Waals surface area contributed by atoms with Crippen molar-refractivity contribution in [2.75, 3.05) is 11.9 Å². The maximum atomic E-state index is 14.2. The summed E-state index contributed by atoms with van der Waals surface area (Å²) >= 11 is 0. The summed E-state index contributed by atoms with van der Waals surface area (Å²) in [6.45, 7) is -0.291. The molecule has 0 radical (unpaired) electrons. The largest absolute Gasteiger partial charge is 0.368 e. The van der Waals surface area contributed by atoms with Crippen LogP contribution in [0, 0.1) is 11.6 Å². The van der Waals surface area contributed by atoms with Gasteiger partial charge >= 0.3 is 0 Å². The summed E-state index contributed by atoms with van der Waals surface area (Å²) in [4.78, 5) is 35.3. The molecule has 4 N–H and O–H groups in total. The third kappa shape index (κ3) is 4.66. The van der Waals surface area contributed by atoms with Crippen LogP contribution in [0.25, 0.3) is 11.3 Å². The summed E-state index contributed by atoms with van der Waals surface area (Å²) in [6, 6.07) is 8.90. The SMILES string of the molecule is Cn1cc(C(=O)Nc2ccc(C(=O)NCC(N)=O)cc2)c(-c2ccc(F)cc2F)n1. The van der Waals surface area contributed by atoms with Crippen LogP contribution in [0.15, 0.2) is 48.7 Å². The first-order chi connectivity index (χ1) is 14.2. The molecular weight excluding hydrogens is 396 g/mol. The molecule has 0 fully saturated rings. The number of nitrogens with zero attached hydrogens (tertiary/aromatic N) is 2. The van der Waals surface area contributed by atoms with E-state index in [9.17, 15) is 23.2 Å². The Kier molecular flexibility index (Phi) is 5.86. The lowest BCUT2D eigenvalue weighted by Crippen LogP contribution is -2.33. The lowest BCUT2D eigenvalue weighted by Gasteiger charge is -2.08. The summed E-state index contributed by atoms with van der Waals surface area (Å²) in [5.41, 5.74) is 5.76. The van der Waals surface area contributed by atoms with Crippen LogP contribution in [0.4, 0.5) is 14.5 Å². The highest BCUT2D eigenvalue weighted by Crippen LogP contribution is 2.26. The minimum absolute atomic E-state index is 0.0105. The molecule has 2 aromatic carbocycles. The zero-order chi connectivity index (χ0) is 21.8. The van der Waals surface area contributed by atoms with Crippen LogP contribution in [0.5, 0.6) is 0 Å². The first-order valence-electron chi connectivity index (χ1n) is 8.71. The fourth-order valence-corrected chi connectivity index (χ4v) is 2.71. The Morgan fingerprint density at radius 1 is 1.07 bits per heavy atom. The Balaban J connectivity index is 1.78. The average molecular weight is 413 g/mol. The van der Waals surface area contributed by atoms with Gasteiger partial charge in [-0.1, -0.05) is 0 Å². The van der Waals surface area contributed by atoms with E-state index in [1.807, 2.05) is 0 Å². The minimum atomic E-state index is -0.839. The molecule has 1 heterocycles. The molecule has 0 aliphatic carbocycles. The highest BCUT2D eigenvalue weighted by molar-refractivity contribution is 6.08. The molecular formula is C20H17F2N5O3. The van der Waals surface area contributed by atoms with Crippen molar-refractivity contribution in [3.05, 3.63) is 71.4 Å². The molecule has 0 spiro atoms. The van der Waals surface area contributed by atoms with E-state index < -0.39 is 29.4 Å². The molecule has 0 bridgehead atoms. The average Bonchev–Trinajstić information content (AvgIpc) is 3.08. The van der Waals surface area contributed by atoms with Crippen molar-refractivity contribution in [3.63, 3.8) is 0 Å². The van der Waals surface area contributed by atoms with Gasteiger partial charge in [0.2, 0.25) is 5.91 Å². The molecule has 0 aliphatic heterocycles. The standard InChI is InChI=1S/C20H17F2N5O3/c1-27-10-15(18(26-27)14-7-4-12(21)8-16(14)22)20(30)25-13-5-2-11(3-6-13)19(29)24-9-17(23)28/h2-8,10H,9H2,1H3,(H2,23,28)(H,24,29)(H,25,30). The van der Waals surface area contributed by atoms with Crippen molar-refractivity contribution in [3.8, 4) is 11.3 Å². The fourth-order valence-electron chi connectivity index (χ4n) is 2.71. The van der Waals surface area contributed by atoms with Gasteiger partial charge in [0.05, 0.1) is 12.1 Å². The molecule has 1 aromatic heterocycles. The van der Waals surface area contributed by atoms with Gasteiger partial charge in [0.25, 0.3) is 11.8 Å². The number of nitrogens with two attached hydrogens (primary N) is 1. The number of aromatic nitrogens is 2. The van der Waals surface area contributed by atoms with E-state index in [-0.39, 0.29) is 28.9 Å². The second-order valence-electron chi connectivity index (χ2n) is 6.37. The number of carbonyl (C=O) groups excluding carboxylic acids is 3. The third-order valence-electron chi connectivity index (χ3n) is 4.09. The summed E-state index contributed by atoms with van der Waals surface area (Å²) in [7, 11) is 1.57. The number of rotatable bonds is 6. The maximum Gasteiger partial charge on any atom is 0.259 e. The molecule has 154 valence electrons. The van der Waals surface area contributed by atoms with Crippen LogP contribution >= 0.6 is 0 Å². The van der Waals surface area contributed by atoms with Crippen LogP contribution in [-0.4, -0.2) is 34.0 Å². The van der Waals surface area contributed by atoms with E-state index in [1.54, 1.807) is 7.05 Å². The number of benzene rings is 2. The van der Waals surface area contributed by atoms with Crippen molar-refractivity contribution in [2.24, 2.45) is 12.8 Å². The van der Waals surface area contributed by atoms with E-state index >= 15 is 0 Å². The number of aryl methyl sites for hydroxylation is 1. The number of nitrogens with one attached hydrogen (secondary N) is 2. The van der Waals surface area contributed by atoms with Gasteiger partial charge in [-0.2, -0.15) is 5.10 Å². The van der Waals surface area contributed by atoms with Crippen molar-refractivity contribution in [1.29, 1.82) is 0 Å². The number of hydrogen-bond acceptors (Lipinski definition) is 4. The highest BCUT2D eigenvalue weighted by atomic mass is 19.1. The lowest BCUT2D eigenvalue weighted by atomic mass is 10.1. The first kappa shape index (κ1) is 20.6. The van der Waals surface area contributed by atoms with Crippen molar-refractivity contribution < 1.29 is 23.2 Å². The molecule has 8 nitrogen and oxygen atoms in total. The monoisotopic (exact) mass is 413 g/mol. The van der Waals surface area contributed by atoms with Gasteiger partial charge in [0.15, 0.2) is 0 Å². The molecule has 0 unspecified atom stereocenters. The van der Waals surface area contributed by atoms with Crippen LogP contribution in [0.1, 0.15) is 20.7 Å². The van der Waals surface area contributed by atoms with Crippen LogP contribution in [-0.2, 0) is 11.8 Å². The van der Waals surface area contributed by atoms with E-state index in [4.69, 9.17) is 5.73 Å². The highest BCUT2D eigenvalue weighted by Gasteiger charge is 2.20. The molecule has 10 heteroatoms. The number of amides is 3. The lowest BCUT2D eigenvalue weighted by molar-refractivity contribution is -0.117. The molecule has 3 rings (SSSR count). The third-order valence-corrected chi connectivity index (χ3v) is 4.09. The molecule has 0 saturated heterocycles. The zero-order valence-electron chi connectivity index (χ0n) is 15.8. The van der Waals surface area contributed by atoms with Gasteiger partial charge < -0.3 is 16.4 Å². The number of carbonyl (C=O) groups is 3. The molecule has 3 amide bonds. The summed E-state index contributed by atoms with van der Waals surface area (Å²) in [5.74, 6) is -3.30. The predicted molar refractivity (Wildman–Crippen MR) is 104 cm³/mol. The Hall–Kier alpha value is -4.08. The van der Waals surface area contributed by atoms with Crippen molar-refractivity contribution in [2.45, 2.75) is 0 Å². The van der Waals surface area contributed by atoms with E-state index in [1.165, 1.54) is 41.2 Å². The Bertz CT molecular complexity index is 1130. The van der Waals surface area contributed by atoms with Gasteiger partial charge in [0.1, 0.15) is 17.3 Å². The van der Waals surface area contributed by atoms with Crippen molar-refractivity contribution in [1.82, 2.24) is 15.1 Å². The summed E-state index contributed by atoms with van der Waals surface area (Å²) in [5, 5.41) is 9.09. The van der Waals surface area contributed by atoms with E-state index in [2.05, 4.69) is 15.7 Å². The second-order valence-corrected chi connectivity index (χ2v) is 6.37. The Labute approximate surface area is 169 Å². The minimum Gasteiger partial charge on any atom is -0.368 e. The molecule has 0 saturated carbocycles. The van der Waals surface area contributed by atoms with E-state index in [0.29, 0.717) is 11.8 Å². The van der Waals surface area contributed by atoms with Gasteiger partial charge in [-0.3, -0.25) is 19.1 Å². The van der Waals surface area contributed by atoms with Crippen LogP contribution in [0.3, 0.4) is 0 Å².